The number of nitrogens with zero attached hydrogens (tertiary/aromatic N) is 1. The molecule has 154 valence electrons. The number of fused-ring (bicyclic) bond motifs is 1. The molecule has 0 radical (unpaired) electrons. The monoisotopic (exact) mass is 440 g/mol. The molecule has 1 aliphatic rings. The molecule has 1 N–H and O–H groups in total. The Morgan fingerprint density at radius 2 is 1.80 bits per heavy atom. The first-order valence-electron chi connectivity index (χ1n) is 9.94. The Labute approximate surface area is 183 Å². The number of nitrogens with one attached hydrogen (secondary N) is 1. The third-order valence-electron chi connectivity index (χ3n) is 5.20. The molecule has 30 heavy (non-hydrogen) atoms. The summed E-state index contributed by atoms with van der Waals surface area (Å²) in [6.45, 7) is 0. The fourth-order valence-corrected chi connectivity index (χ4v) is 4.98. The van der Waals surface area contributed by atoms with Crippen molar-refractivity contribution in [3.05, 3.63) is 64.0 Å². The van der Waals surface area contributed by atoms with E-state index in [1.54, 1.807) is 18.2 Å². The number of rotatable bonds is 5. The second-order valence-corrected chi connectivity index (χ2v) is 8.67. The van der Waals surface area contributed by atoms with E-state index in [2.05, 4.69) is 10.5 Å². The van der Waals surface area contributed by atoms with E-state index < -0.39 is 5.97 Å². The van der Waals surface area contributed by atoms with E-state index in [4.69, 9.17) is 16.3 Å². The van der Waals surface area contributed by atoms with Crippen LogP contribution in [0.1, 0.15) is 47.3 Å². The molecule has 0 unspecified atom stereocenters. The van der Waals surface area contributed by atoms with Crippen LogP contribution in [0.5, 0.6) is 5.75 Å². The van der Waals surface area contributed by atoms with Crippen molar-refractivity contribution in [2.45, 2.75) is 32.1 Å². The molecule has 4 rings (SSSR count). The maximum Gasteiger partial charge on any atom is 0.355 e. The van der Waals surface area contributed by atoms with E-state index in [0.29, 0.717) is 21.2 Å². The summed E-state index contributed by atoms with van der Waals surface area (Å²) in [4.78, 5) is 25.3. The predicted molar refractivity (Wildman–Crippen MR) is 121 cm³/mol. The molecule has 3 aromatic rings. The van der Waals surface area contributed by atoms with E-state index in [1.165, 1.54) is 24.0 Å². The number of thiophene rings is 1. The van der Waals surface area contributed by atoms with Gasteiger partial charge in [-0.05, 0) is 31.0 Å². The number of esters is 1. The fraction of sp³-hybridized carbons (Fsp3) is 0.261. The average Bonchev–Trinajstić information content (AvgIpc) is 3.12. The summed E-state index contributed by atoms with van der Waals surface area (Å²) < 4.78 is 6.52. The summed E-state index contributed by atoms with van der Waals surface area (Å²) in [5.41, 5.74) is 3.20. The zero-order chi connectivity index (χ0) is 20.9. The van der Waals surface area contributed by atoms with Crippen LogP contribution in [0, 0.1) is 5.92 Å². The van der Waals surface area contributed by atoms with Crippen LogP contribution < -0.4 is 10.2 Å². The van der Waals surface area contributed by atoms with Crippen LogP contribution in [-0.4, -0.2) is 18.1 Å². The van der Waals surface area contributed by atoms with Crippen LogP contribution in [0.2, 0.25) is 5.02 Å². The molecule has 1 fully saturated rings. The molecular weight excluding hydrogens is 420 g/mol. The number of amides is 1. The second kappa shape index (κ2) is 9.41. The number of hydrogen-bond donors (Lipinski definition) is 1. The summed E-state index contributed by atoms with van der Waals surface area (Å²) in [5, 5.41) is 5.30. The van der Waals surface area contributed by atoms with Crippen molar-refractivity contribution in [3.8, 4) is 5.75 Å². The lowest BCUT2D eigenvalue weighted by Gasteiger charge is -2.19. The fourth-order valence-electron chi connectivity index (χ4n) is 3.59. The molecule has 1 saturated carbocycles. The molecule has 0 aliphatic heterocycles. The number of halogens is 1. The highest BCUT2D eigenvalue weighted by Crippen LogP contribution is 2.36. The van der Waals surface area contributed by atoms with Crippen molar-refractivity contribution in [1.82, 2.24) is 5.43 Å². The van der Waals surface area contributed by atoms with E-state index >= 15 is 0 Å². The van der Waals surface area contributed by atoms with Crippen molar-refractivity contribution < 1.29 is 14.3 Å². The number of hydrogen-bond acceptors (Lipinski definition) is 5. The van der Waals surface area contributed by atoms with Gasteiger partial charge in [-0.15, -0.1) is 11.3 Å². The highest BCUT2D eigenvalue weighted by Gasteiger charge is 2.21. The minimum Gasteiger partial charge on any atom is -0.422 e. The predicted octanol–water partition coefficient (Wildman–Crippen LogP) is 5.80. The molecule has 0 saturated heterocycles. The topological polar surface area (TPSA) is 67.8 Å². The first-order valence-corrected chi connectivity index (χ1v) is 11.1. The van der Waals surface area contributed by atoms with Gasteiger partial charge in [-0.3, -0.25) is 4.79 Å². The highest BCUT2D eigenvalue weighted by atomic mass is 35.5. The van der Waals surface area contributed by atoms with Gasteiger partial charge in [0.25, 0.3) is 0 Å². The smallest absolute Gasteiger partial charge is 0.355 e. The third-order valence-corrected chi connectivity index (χ3v) is 6.85. The van der Waals surface area contributed by atoms with Crippen LogP contribution in [0.15, 0.2) is 53.6 Å². The Hall–Kier alpha value is -2.70. The van der Waals surface area contributed by atoms with Gasteiger partial charge >= 0.3 is 5.97 Å². The van der Waals surface area contributed by atoms with Gasteiger partial charge in [0, 0.05) is 21.6 Å². The minimum atomic E-state index is -0.520. The van der Waals surface area contributed by atoms with Crippen molar-refractivity contribution in [1.29, 1.82) is 0 Å². The Balaban J connectivity index is 1.46. The van der Waals surface area contributed by atoms with Crippen molar-refractivity contribution >= 4 is 51.1 Å². The zero-order valence-corrected chi connectivity index (χ0v) is 17.8. The number of hydrazone groups is 1. The van der Waals surface area contributed by atoms with Gasteiger partial charge in [0.05, 0.1) is 11.2 Å². The summed E-state index contributed by atoms with van der Waals surface area (Å²) in [6, 6.07) is 14.6. The van der Waals surface area contributed by atoms with Gasteiger partial charge < -0.3 is 4.74 Å². The SMILES string of the molecule is O=C(Oc1ccccc1/C=N\NC(=O)C1CCCCC1)c1sc2ccccc2c1Cl. The van der Waals surface area contributed by atoms with Gasteiger partial charge in [0.15, 0.2) is 0 Å². The zero-order valence-electron chi connectivity index (χ0n) is 16.3. The average molecular weight is 441 g/mol. The van der Waals surface area contributed by atoms with Gasteiger partial charge in [-0.25, -0.2) is 10.2 Å². The Morgan fingerprint density at radius 1 is 1.07 bits per heavy atom. The Morgan fingerprint density at radius 3 is 2.60 bits per heavy atom. The van der Waals surface area contributed by atoms with Crippen molar-refractivity contribution in [2.75, 3.05) is 0 Å². The quantitative estimate of drug-likeness (QED) is 0.236. The molecule has 0 atom stereocenters. The van der Waals surface area contributed by atoms with Crippen LogP contribution in [0.25, 0.3) is 10.1 Å². The van der Waals surface area contributed by atoms with E-state index in [9.17, 15) is 9.59 Å². The molecule has 1 aliphatic carbocycles. The summed E-state index contributed by atoms with van der Waals surface area (Å²) in [7, 11) is 0. The molecule has 0 spiro atoms. The van der Waals surface area contributed by atoms with Crippen LogP contribution in [0.3, 0.4) is 0 Å². The Kier molecular flexibility index (Phi) is 6.45. The minimum absolute atomic E-state index is 0.0269. The maximum atomic E-state index is 12.7. The number of carbonyl (C=O) groups excluding carboxylic acids is 2. The second-order valence-electron chi connectivity index (χ2n) is 7.24. The van der Waals surface area contributed by atoms with Gasteiger partial charge in [-0.1, -0.05) is 61.2 Å². The highest BCUT2D eigenvalue weighted by molar-refractivity contribution is 7.21. The largest absolute Gasteiger partial charge is 0.422 e. The number of carbonyl (C=O) groups is 2. The van der Waals surface area contributed by atoms with Crippen LogP contribution >= 0.6 is 22.9 Å². The lowest BCUT2D eigenvalue weighted by Crippen LogP contribution is -2.28. The van der Waals surface area contributed by atoms with Gasteiger partial charge in [0.1, 0.15) is 10.6 Å². The first-order chi connectivity index (χ1) is 14.6. The molecular formula is C23H21ClN2O3S. The molecule has 2 aromatic carbocycles. The molecule has 5 nitrogen and oxygen atoms in total. The molecule has 0 bridgehead atoms. The van der Waals surface area contributed by atoms with Crippen molar-refractivity contribution in [2.24, 2.45) is 11.0 Å². The van der Waals surface area contributed by atoms with E-state index in [0.717, 1.165) is 35.8 Å². The lowest BCUT2D eigenvalue weighted by molar-refractivity contribution is -0.125. The van der Waals surface area contributed by atoms with Gasteiger partial charge in [-0.2, -0.15) is 5.10 Å². The standard InChI is InChI=1S/C23H21ClN2O3S/c24-20-17-11-5-7-13-19(17)30-21(20)23(28)29-18-12-6-4-10-16(18)14-25-26-22(27)15-8-2-1-3-9-15/h4-7,10-15H,1-3,8-9H2,(H,26,27)/b25-14-. The van der Waals surface area contributed by atoms with E-state index in [1.807, 2.05) is 30.3 Å². The molecule has 1 aromatic heterocycles. The first kappa shape index (κ1) is 20.6. The molecule has 1 heterocycles. The number of ether oxygens (including phenoxy) is 1. The van der Waals surface area contributed by atoms with E-state index in [-0.39, 0.29) is 11.8 Å². The summed E-state index contributed by atoms with van der Waals surface area (Å²) in [5.74, 6) is -0.198. The normalized spacial score (nSPS) is 14.8. The lowest BCUT2D eigenvalue weighted by atomic mass is 9.89. The molecule has 1 amide bonds. The van der Waals surface area contributed by atoms with Crippen LogP contribution in [-0.2, 0) is 4.79 Å². The van der Waals surface area contributed by atoms with Gasteiger partial charge in [0.2, 0.25) is 5.91 Å². The third kappa shape index (κ3) is 4.55. The van der Waals surface area contributed by atoms with Crippen LogP contribution in [0.4, 0.5) is 0 Å². The Bertz CT molecular complexity index is 1100. The number of benzene rings is 2. The summed E-state index contributed by atoms with van der Waals surface area (Å²) in [6.07, 6.45) is 6.67. The summed E-state index contributed by atoms with van der Waals surface area (Å²) >= 11 is 7.68. The number of para-hydroxylation sites is 1. The molecule has 7 heteroatoms. The maximum absolute atomic E-state index is 12.7. The van der Waals surface area contributed by atoms with Crippen molar-refractivity contribution in [3.63, 3.8) is 0 Å².